The third-order valence-electron chi connectivity index (χ3n) is 3.91. The highest BCUT2D eigenvalue weighted by atomic mass is 16.3. The lowest BCUT2D eigenvalue weighted by Crippen LogP contribution is -2.44. The van der Waals surface area contributed by atoms with Gasteiger partial charge in [0.2, 0.25) is 0 Å². The summed E-state index contributed by atoms with van der Waals surface area (Å²) in [5, 5.41) is 13.2. The minimum Gasteiger partial charge on any atom is -0.396 e. The van der Waals surface area contributed by atoms with Crippen LogP contribution in [0.2, 0.25) is 0 Å². The van der Waals surface area contributed by atoms with Crippen LogP contribution in [0, 0.1) is 5.41 Å². The Labute approximate surface area is 125 Å². The van der Waals surface area contributed by atoms with Gasteiger partial charge in [-0.1, -0.05) is 39.0 Å². The Morgan fingerprint density at radius 3 is 2.62 bits per heavy atom. The maximum atomic E-state index is 12.6. The first kappa shape index (κ1) is 15.6. The minimum atomic E-state index is -0.0943. The van der Waals surface area contributed by atoms with Crippen LogP contribution in [0.4, 0.5) is 0 Å². The van der Waals surface area contributed by atoms with E-state index in [9.17, 15) is 9.90 Å². The van der Waals surface area contributed by atoms with Crippen LogP contribution < -0.4 is 5.32 Å². The maximum absolute atomic E-state index is 12.6. The molecule has 0 aliphatic heterocycles. The van der Waals surface area contributed by atoms with Crippen molar-refractivity contribution >= 4 is 16.8 Å². The van der Waals surface area contributed by atoms with E-state index in [0.717, 1.165) is 10.9 Å². The highest BCUT2D eigenvalue weighted by Gasteiger charge is 2.27. The number of rotatable bonds is 4. The fraction of sp³-hybridized carbons (Fsp3) is 0.471. The summed E-state index contributed by atoms with van der Waals surface area (Å²) < 4.78 is 1.96. The van der Waals surface area contributed by atoms with Crippen molar-refractivity contribution in [3.8, 4) is 0 Å². The number of aryl methyl sites for hydroxylation is 1. The Kier molecular flexibility index (Phi) is 4.37. The molecule has 2 rings (SSSR count). The molecule has 1 unspecified atom stereocenters. The summed E-state index contributed by atoms with van der Waals surface area (Å²) in [6.45, 7) is 6.27. The molecule has 1 aromatic heterocycles. The lowest BCUT2D eigenvalue weighted by molar-refractivity contribution is 0.0886. The van der Waals surface area contributed by atoms with Crippen molar-refractivity contribution in [1.82, 2.24) is 9.88 Å². The molecule has 21 heavy (non-hydrogen) atoms. The van der Waals surface area contributed by atoms with Crippen molar-refractivity contribution in [2.24, 2.45) is 12.5 Å². The predicted molar refractivity (Wildman–Crippen MR) is 85.3 cm³/mol. The first-order chi connectivity index (χ1) is 9.84. The number of nitrogens with one attached hydrogen (secondary N) is 1. The summed E-state index contributed by atoms with van der Waals surface area (Å²) in [5.41, 5.74) is 1.63. The second-order valence-electron chi connectivity index (χ2n) is 6.58. The van der Waals surface area contributed by atoms with Crippen molar-refractivity contribution in [3.05, 3.63) is 36.0 Å². The van der Waals surface area contributed by atoms with Gasteiger partial charge in [0.1, 0.15) is 0 Å². The van der Waals surface area contributed by atoms with E-state index in [1.165, 1.54) is 0 Å². The summed E-state index contributed by atoms with van der Waals surface area (Å²) in [6, 6.07) is 7.81. The molecule has 0 bridgehead atoms. The number of aliphatic hydroxyl groups excluding tert-OH is 1. The number of carbonyl (C=O) groups is 1. The molecular formula is C17H24N2O2. The highest BCUT2D eigenvalue weighted by Crippen LogP contribution is 2.24. The van der Waals surface area contributed by atoms with Gasteiger partial charge in [0.15, 0.2) is 0 Å². The fourth-order valence-corrected chi connectivity index (χ4v) is 2.61. The number of para-hydroxylation sites is 1. The molecule has 1 atom stereocenters. The molecule has 1 amide bonds. The highest BCUT2D eigenvalue weighted by molar-refractivity contribution is 6.07. The molecule has 114 valence electrons. The number of carbonyl (C=O) groups excluding carboxylic acids is 1. The number of hydrogen-bond donors (Lipinski definition) is 2. The molecule has 1 aromatic carbocycles. The summed E-state index contributed by atoms with van der Waals surface area (Å²) >= 11 is 0. The molecule has 0 spiro atoms. The number of aliphatic hydroxyl groups is 1. The first-order valence-corrected chi connectivity index (χ1v) is 7.30. The van der Waals surface area contributed by atoms with Crippen molar-refractivity contribution in [3.63, 3.8) is 0 Å². The van der Waals surface area contributed by atoms with E-state index < -0.39 is 0 Å². The van der Waals surface area contributed by atoms with E-state index in [1.807, 2.05) is 42.1 Å². The molecular weight excluding hydrogens is 264 g/mol. The van der Waals surface area contributed by atoms with Crippen LogP contribution in [0.5, 0.6) is 0 Å². The minimum absolute atomic E-state index is 0.0611. The second-order valence-corrected chi connectivity index (χ2v) is 6.58. The van der Waals surface area contributed by atoms with E-state index in [2.05, 4.69) is 26.1 Å². The SMILES string of the molecule is Cn1cc(C(=O)NC(CCO)C(C)(C)C)c2ccccc21. The van der Waals surface area contributed by atoms with E-state index in [4.69, 9.17) is 0 Å². The van der Waals surface area contributed by atoms with E-state index in [0.29, 0.717) is 12.0 Å². The summed E-state index contributed by atoms with van der Waals surface area (Å²) in [5.74, 6) is -0.0832. The normalized spacial score (nSPS) is 13.4. The number of benzene rings is 1. The maximum Gasteiger partial charge on any atom is 0.253 e. The van der Waals surface area contributed by atoms with Crippen LogP contribution in [-0.4, -0.2) is 28.2 Å². The van der Waals surface area contributed by atoms with Gasteiger partial charge in [-0.2, -0.15) is 0 Å². The molecule has 0 aliphatic carbocycles. The Bertz CT molecular complexity index is 638. The average Bonchev–Trinajstić information content (AvgIpc) is 2.75. The molecule has 1 heterocycles. The summed E-state index contributed by atoms with van der Waals surface area (Å²) in [6.07, 6.45) is 2.42. The smallest absolute Gasteiger partial charge is 0.253 e. The van der Waals surface area contributed by atoms with Crippen molar-refractivity contribution < 1.29 is 9.90 Å². The summed E-state index contributed by atoms with van der Waals surface area (Å²) in [4.78, 5) is 12.6. The zero-order chi connectivity index (χ0) is 15.6. The third-order valence-corrected chi connectivity index (χ3v) is 3.91. The van der Waals surface area contributed by atoms with Gasteiger partial charge in [0.05, 0.1) is 5.56 Å². The fourth-order valence-electron chi connectivity index (χ4n) is 2.61. The quantitative estimate of drug-likeness (QED) is 0.909. The Morgan fingerprint density at radius 2 is 2.00 bits per heavy atom. The molecule has 0 radical (unpaired) electrons. The van der Waals surface area contributed by atoms with Gasteiger partial charge in [0.25, 0.3) is 5.91 Å². The van der Waals surface area contributed by atoms with E-state index >= 15 is 0 Å². The third kappa shape index (κ3) is 3.27. The van der Waals surface area contributed by atoms with Crippen molar-refractivity contribution in [2.75, 3.05) is 6.61 Å². The monoisotopic (exact) mass is 288 g/mol. The predicted octanol–water partition coefficient (Wildman–Crippen LogP) is 2.71. The van der Waals surface area contributed by atoms with Gasteiger partial charge in [-0.3, -0.25) is 4.79 Å². The molecule has 2 aromatic rings. The number of fused-ring (bicyclic) bond motifs is 1. The average molecular weight is 288 g/mol. The van der Waals surface area contributed by atoms with Crippen LogP contribution in [0.15, 0.2) is 30.5 Å². The number of amides is 1. The summed E-state index contributed by atoms with van der Waals surface area (Å²) in [7, 11) is 1.94. The van der Waals surface area contributed by atoms with Crippen molar-refractivity contribution in [1.29, 1.82) is 0 Å². The number of aromatic nitrogens is 1. The topological polar surface area (TPSA) is 54.3 Å². The van der Waals surface area contributed by atoms with Gasteiger partial charge < -0.3 is 15.0 Å². The molecule has 4 nitrogen and oxygen atoms in total. The van der Waals surface area contributed by atoms with Crippen LogP contribution in [0.25, 0.3) is 10.9 Å². The first-order valence-electron chi connectivity index (χ1n) is 7.30. The zero-order valence-corrected chi connectivity index (χ0v) is 13.2. The second kappa shape index (κ2) is 5.90. The van der Waals surface area contributed by atoms with Crippen molar-refractivity contribution in [2.45, 2.75) is 33.2 Å². The lowest BCUT2D eigenvalue weighted by atomic mass is 9.84. The Balaban J connectivity index is 2.30. The van der Waals surface area contributed by atoms with E-state index in [-0.39, 0.29) is 24.0 Å². The zero-order valence-electron chi connectivity index (χ0n) is 13.2. The molecule has 0 aliphatic rings. The molecule has 0 saturated carbocycles. The molecule has 0 saturated heterocycles. The largest absolute Gasteiger partial charge is 0.396 e. The molecule has 4 heteroatoms. The van der Waals surface area contributed by atoms with Gasteiger partial charge >= 0.3 is 0 Å². The standard InChI is InChI=1S/C17H24N2O2/c1-17(2,3)15(9-10-20)18-16(21)13-11-19(4)14-8-6-5-7-12(13)14/h5-8,11,15,20H,9-10H2,1-4H3,(H,18,21). The van der Waals surface area contributed by atoms with Crippen LogP contribution in [0.3, 0.4) is 0 Å². The molecule has 2 N–H and O–H groups in total. The Hall–Kier alpha value is -1.81. The lowest BCUT2D eigenvalue weighted by Gasteiger charge is -2.31. The van der Waals surface area contributed by atoms with Gasteiger partial charge in [-0.15, -0.1) is 0 Å². The van der Waals surface area contributed by atoms with E-state index in [1.54, 1.807) is 0 Å². The van der Waals surface area contributed by atoms with Gasteiger partial charge in [0, 0.05) is 36.8 Å². The van der Waals surface area contributed by atoms with Gasteiger partial charge in [-0.25, -0.2) is 0 Å². The van der Waals surface area contributed by atoms with Crippen LogP contribution >= 0.6 is 0 Å². The number of nitrogens with zero attached hydrogens (tertiary/aromatic N) is 1. The molecule has 0 fully saturated rings. The van der Waals surface area contributed by atoms with Crippen LogP contribution in [-0.2, 0) is 7.05 Å². The number of hydrogen-bond acceptors (Lipinski definition) is 2. The Morgan fingerprint density at radius 1 is 1.33 bits per heavy atom. The van der Waals surface area contributed by atoms with Gasteiger partial charge in [-0.05, 0) is 17.9 Å². The van der Waals surface area contributed by atoms with Crippen LogP contribution in [0.1, 0.15) is 37.6 Å².